The first-order valence-electron chi connectivity index (χ1n) is 16.9. The number of rotatable bonds is 28. The third-order valence-electron chi connectivity index (χ3n) is 8.10. The van der Waals surface area contributed by atoms with Crippen molar-refractivity contribution in [2.45, 2.75) is 201 Å². The van der Waals surface area contributed by atoms with Gasteiger partial charge in [0.05, 0.1) is 13.1 Å². The fraction of sp³-hybridized carbons (Fsp3) is 0.912. The van der Waals surface area contributed by atoms with E-state index in [1.165, 1.54) is 180 Å². The van der Waals surface area contributed by atoms with Crippen LogP contribution in [0.5, 0.6) is 0 Å². The maximum atomic E-state index is 2.62. The maximum absolute atomic E-state index is 2.62. The third kappa shape index (κ3) is 18.5. The molecule has 0 aliphatic rings. The van der Waals surface area contributed by atoms with Crippen molar-refractivity contribution >= 4 is 0 Å². The zero-order chi connectivity index (χ0) is 25.9. The van der Waals surface area contributed by atoms with Gasteiger partial charge < -0.3 is 0 Å². The van der Waals surface area contributed by atoms with E-state index in [-0.39, 0.29) is 0 Å². The van der Waals surface area contributed by atoms with Gasteiger partial charge in [-0.15, -0.1) is 0 Å². The Morgan fingerprint density at radius 1 is 0.472 bits per heavy atom. The van der Waals surface area contributed by atoms with Crippen molar-refractivity contribution in [3.05, 3.63) is 18.2 Å². The van der Waals surface area contributed by atoms with Gasteiger partial charge in [-0.1, -0.05) is 149 Å². The van der Waals surface area contributed by atoms with Crippen LogP contribution in [0.4, 0.5) is 0 Å². The highest BCUT2D eigenvalue weighted by molar-refractivity contribution is 4.84. The van der Waals surface area contributed by atoms with E-state index in [9.17, 15) is 0 Å². The molecule has 2 heteroatoms. The molecule has 0 spiro atoms. The lowest BCUT2D eigenvalue weighted by atomic mass is 10.1. The van der Waals surface area contributed by atoms with Crippen LogP contribution in [-0.4, -0.2) is 4.57 Å². The molecule has 36 heavy (non-hydrogen) atoms. The van der Waals surface area contributed by atoms with Crippen molar-refractivity contribution in [2.24, 2.45) is 0 Å². The number of hydrogen-bond donors (Lipinski definition) is 0. The van der Waals surface area contributed by atoms with Gasteiger partial charge in [0.2, 0.25) is 0 Å². The van der Waals surface area contributed by atoms with Crippen LogP contribution in [0, 0.1) is 0 Å². The highest BCUT2D eigenvalue weighted by Crippen LogP contribution is 2.14. The molecule has 0 unspecified atom stereocenters. The molecule has 1 aromatic heterocycles. The van der Waals surface area contributed by atoms with Crippen molar-refractivity contribution in [1.82, 2.24) is 4.57 Å². The molecule has 2 nitrogen and oxygen atoms in total. The van der Waals surface area contributed by atoms with E-state index in [2.05, 4.69) is 42.3 Å². The number of aromatic nitrogens is 2. The van der Waals surface area contributed by atoms with Gasteiger partial charge in [0.1, 0.15) is 12.4 Å². The van der Waals surface area contributed by atoms with E-state index >= 15 is 0 Å². The fourth-order valence-electron chi connectivity index (χ4n) is 5.62. The standard InChI is InChI=1S/C34H67N2/c1-4-7-10-13-16-18-19-21-23-26-29-34-35(30-27-24-15-12-9-6-3)32-33-36(34)31-28-25-22-20-17-14-11-8-5-2/h32-33H,4-31H2,1-3H3/q+1. The van der Waals surface area contributed by atoms with Gasteiger partial charge in [0.25, 0.3) is 5.82 Å². The van der Waals surface area contributed by atoms with E-state index in [0.29, 0.717) is 0 Å². The molecule has 0 aliphatic heterocycles. The Kier molecular flexibility index (Phi) is 23.9. The van der Waals surface area contributed by atoms with Crippen LogP contribution in [0.1, 0.15) is 187 Å². The molecule has 0 fully saturated rings. The summed E-state index contributed by atoms with van der Waals surface area (Å²) in [6.07, 6.45) is 41.4. The average Bonchev–Trinajstić information content (AvgIpc) is 3.27. The lowest BCUT2D eigenvalue weighted by Gasteiger charge is -2.07. The Hall–Kier alpha value is -0.790. The zero-order valence-electron chi connectivity index (χ0n) is 25.3. The minimum absolute atomic E-state index is 1.23. The number of imidazole rings is 1. The van der Waals surface area contributed by atoms with Crippen molar-refractivity contribution in [2.75, 3.05) is 0 Å². The molecule has 0 bridgehead atoms. The maximum Gasteiger partial charge on any atom is 0.256 e. The molecule has 212 valence electrons. The van der Waals surface area contributed by atoms with Crippen LogP contribution in [-0.2, 0) is 19.5 Å². The van der Waals surface area contributed by atoms with E-state index in [4.69, 9.17) is 0 Å². The van der Waals surface area contributed by atoms with Crippen molar-refractivity contribution in [1.29, 1.82) is 0 Å². The highest BCUT2D eigenvalue weighted by atomic mass is 15.1. The first-order valence-corrected chi connectivity index (χ1v) is 16.9. The van der Waals surface area contributed by atoms with E-state index in [1.807, 2.05) is 0 Å². The second-order valence-corrected chi connectivity index (χ2v) is 11.6. The van der Waals surface area contributed by atoms with Crippen LogP contribution >= 0.6 is 0 Å². The van der Waals surface area contributed by atoms with Crippen LogP contribution in [0.2, 0.25) is 0 Å². The second kappa shape index (κ2) is 25.8. The summed E-state index contributed by atoms with van der Waals surface area (Å²) < 4.78 is 5.23. The molecule has 0 N–H and O–H groups in total. The van der Waals surface area contributed by atoms with Gasteiger partial charge in [0.15, 0.2) is 0 Å². The predicted molar refractivity (Wildman–Crippen MR) is 161 cm³/mol. The van der Waals surface area contributed by atoms with Gasteiger partial charge in [-0.3, -0.25) is 0 Å². The molecule has 1 aromatic rings. The van der Waals surface area contributed by atoms with Crippen molar-refractivity contribution < 1.29 is 4.57 Å². The van der Waals surface area contributed by atoms with Gasteiger partial charge in [-0.05, 0) is 32.1 Å². The van der Waals surface area contributed by atoms with Crippen LogP contribution in [0.25, 0.3) is 0 Å². The third-order valence-corrected chi connectivity index (χ3v) is 8.10. The Morgan fingerprint density at radius 3 is 1.33 bits per heavy atom. The molecule has 0 aliphatic carbocycles. The zero-order valence-corrected chi connectivity index (χ0v) is 25.3. The fourth-order valence-corrected chi connectivity index (χ4v) is 5.62. The monoisotopic (exact) mass is 504 g/mol. The molecule has 1 rings (SSSR count). The molecular formula is C34H67N2+. The molecule has 0 saturated heterocycles. The Labute approximate surface area is 228 Å². The van der Waals surface area contributed by atoms with Gasteiger partial charge >= 0.3 is 0 Å². The SMILES string of the molecule is CCCCCCCCCCCCc1n(CCCCCCCCCCC)cc[n+]1CCCCCCCC. The summed E-state index contributed by atoms with van der Waals surface area (Å²) in [7, 11) is 0. The van der Waals surface area contributed by atoms with Crippen LogP contribution < -0.4 is 4.57 Å². The largest absolute Gasteiger partial charge is 0.256 e. The number of nitrogens with zero attached hydrogens (tertiary/aromatic N) is 2. The predicted octanol–water partition coefficient (Wildman–Crippen LogP) is 11.1. The molecule has 0 saturated carbocycles. The molecule has 0 aromatic carbocycles. The number of hydrogen-bond acceptors (Lipinski definition) is 0. The lowest BCUT2D eigenvalue weighted by molar-refractivity contribution is -0.704. The summed E-state index contributed by atoms with van der Waals surface area (Å²) in [5.74, 6) is 1.61. The lowest BCUT2D eigenvalue weighted by Crippen LogP contribution is -2.37. The van der Waals surface area contributed by atoms with Gasteiger partial charge in [-0.25, -0.2) is 9.13 Å². The van der Waals surface area contributed by atoms with E-state index in [1.54, 1.807) is 5.82 Å². The average molecular weight is 504 g/mol. The van der Waals surface area contributed by atoms with Crippen LogP contribution in [0.3, 0.4) is 0 Å². The Balaban J connectivity index is 2.34. The normalized spacial score (nSPS) is 11.5. The second-order valence-electron chi connectivity index (χ2n) is 11.6. The van der Waals surface area contributed by atoms with Crippen LogP contribution in [0.15, 0.2) is 12.4 Å². The Morgan fingerprint density at radius 2 is 0.861 bits per heavy atom. The van der Waals surface area contributed by atoms with Crippen molar-refractivity contribution in [3.63, 3.8) is 0 Å². The van der Waals surface area contributed by atoms with Gasteiger partial charge in [0, 0.05) is 6.42 Å². The smallest absolute Gasteiger partial charge is 0.234 e. The highest BCUT2D eigenvalue weighted by Gasteiger charge is 2.16. The first kappa shape index (κ1) is 33.2. The Bertz CT molecular complexity index is 562. The summed E-state index contributed by atoms with van der Waals surface area (Å²) in [6.45, 7) is 9.38. The summed E-state index contributed by atoms with van der Waals surface area (Å²) in [4.78, 5) is 0. The molecule has 0 amide bonds. The minimum atomic E-state index is 1.23. The summed E-state index contributed by atoms with van der Waals surface area (Å²) in [5.41, 5.74) is 0. The van der Waals surface area contributed by atoms with E-state index in [0.717, 1.165) is 0 Å². The minimum Gasteiger partial charge on any atom is -0.234 e. The van der Waals surface area contributed by atoms with Gasteiger partial charge in [-0.2, -0.15) is 0 Å². The number of unbranched alkanes of at least 4 members (excludes halogenated alkanes) is 22. The number of aryl methyl sites for hydroxylation is 2. The first-order chi connectivity index (χ1) is 17.8. The molecule has 1 heterocycles. The van der Waals surface area contributed by atoms with E-state index < -0.39 is 0 Å². The summed E-state index contributed by atoms with van der Waals surface area (Å²) >= 11 is 0. The topological polar surface area (TPSA) is 8.81 Å². The van der Waals surface area contributed by atoms with Crippen molar-refractivity contribution in [3.8, 4) is 0 Å². The molecule has 0 radical (unpaired) electrons. The summed E-state index contributed by atoms with van der Waals surface area (Å²) in [6, 6.07) is 0. The summed E-state index contributed by atoms with van der Waals surface area (Å²) in [5, 5.41) is 0. The molecule has 0 atom stereocenters. The molecular weight excluding hydrogens is 436 g/mol. The quantitative estimate of drug-likeness (QED) is 0.0794.